The molecule has 0 aliphatic rings. The molecule has 2 nitrogen and oxygen atoms in total. The van der Waals surface area contributed by atoms with Crippen molar-refractivity contribution in [3.63, 3.8) is 0 Å². The molecule has 0 fully saturated rings. The highest BCUT2D eigenvalue weighted by atomic mass is 16.7. The summed E-state index contributed by atoms with van der Waals surface area (Å²) in [6.45, 7) is 8.73. The molecule has 0 heterocycles. The molecule has 0 aromatic heterocycles. The van der Waals surface area contributed by atoms with E-state index < -0.39 is 0 Å². The lowest BCUT2D eigenvalue weighted by Gasteiger charge is -2.22. The van der Waals surface area contributed by atoms with Crippen LogP contribution >= 0.6 is 0 Å². The molecule has 0 unspecified atom stereocenters. The Morgan fingerprint density at radius 3 is 2.00 bits per heavy atom. The van der Waals surface area contributed by atoms with E-state index in [1.807, 2.05) is 0 Å². The van der Waals surface area contributed by atoms with Gasteiger partial charge in [-0.1, -0.05) is 39.0 Å². The molecule has 1 aromatic carbocycles. The minimum Gasteiger partial charge on any atom is -0.352 e. The van der Waals surface area contributed by atoms with Crippen molar-refractivity contribution in [3.8, 4) is 0 Å². The highest BCUT2D eigenvalue weighted by Crippen LogP contribution is 2.28. The van der Waals surface area contributed by atoms with Crippen molar-refractivity contribution in [2.45, 2.75) is 39.4 Å². The first-order valence-corrected chi connectivity index (χ1v) is 5.56. The molecule has 0 N–H and O–H groups in total. The molecule has 1 rings (SSSR count). The first-order chi connectivity index (χ1) is 7.40. The van der Waals surface area contributed by atoms with E-state index in [4.69, 9.17) is 9.47 Å². The Labute approximate surface area is 98.6 Å². The Morgan fingerprint density at radius 2 is 1.62 bits per heavy atom. The van der Waals surface area contributed by atoms with Crippen molar-refractivity contribution in [1.82, 2.24) is 0 Å². The third-order valence-electron chi connectivity index (χ3n) is 2.82. The van der Waals surface area contributed by atoms with Crippen molar-refractivity contribution in [1.29, 1.82) is 0 Å². The molecule has 2 heteroatoms. The van der Waals surface area contributed by atoms with Gasteiger partial charge in [0.1, 0.15) is 0 Å². The van der Waals surface area contributed by atoms with Crippen LogP contribution in [0.3, 0.4) is 0 Å². The number of hydrogen-bond acceptors (Lipinski definition) is 2. The van der Waals surface area contributed by atoms with E-state index >= 15 is 0 Å². The fourth-order valence-corrected chi connectivity index (χ4v) is 1.76. The third kappa shape index (κ3) is 2.83. The summed E-state index contributed by atoms with van der Waals surface area (Å²) in [5.41, 5.74) is 3.82. The summed E-state index contributed by atoms with van der Waals surface area (Å²) in [4.78, 5) is 0. The Kier molecular flexibility index (Phi) is 4.11. The quantitative estimate of drug-likeness (QED) is 0.728. The van der Waals surface area contributed by atoms with Crippen LogP contribution in [0.1, 0.15) is 43.8 Å². The first-order valence-electron chi connectivity index (χ1n) is 5.56. The molecule has 0 saturated carbocycles. The van der Waals surface area contributed by atoms with E-state index in [0.29, 0.717) is 0 Å². The van der Waals surface area contributed by atoms with Gasteiger partial charge in [0.15, 0.2) is 6.29 Å². The number of rotatable bonds is 3. The minimum absolute atomic E-state index is 0.179. The number of aryl methyl sites for hydroxylation is 1. The third-order valence-corrected chi connectivity index (χ3v) is 2.82. The first kappa shape index (κ1) is 13.2. The lowest BCUT2D eigenvalue weighted by Crippen LogP contribution is -2.13. The fourth-order valence-electron chi connectivity index (χ4n) is 1.76. The van der Waals surface area contributed by atoms with Crippen LogP contribution in [0, 0.1) is 6.92 Å². The van der Waals surface area contributed by atoms with Gasteiger partial charge in [-0.3, -0.25) is 0 Å². The number of hydrogen-bond donors (Lipinski definition) is 0. The van der Waals surface area contributed by atoms with Crippen molar-refractivity contribution < 1.29 is 9.47 Å². The second kappa shape index (κ2) is 4.98. The average molecular weight is 222 g/mol. The maximum Gasteiger partial charge on any atom is 0.183 e. The number of benzene rings is 1. The molecule has 0 bridgehead atoms. The largest absolute Gasteiger partial charge is 0.352 e. The van der Waals surface area contributed by atoms with Gasteiger partial charge in [0, 0.05) is 19.8 Å². The maximum atomic E-state index is 5.27. The Hall–Kier alpha value is -0.860. The van der Waals surface area contributed by atoms with Gasteiger partial charge in [0.05, 0.1) is 0 Å². The van der Waals surface area contributed by atoms with Gasteiger partial charge in [-0.15, -0.1) is 0 Å². The molecule has 0 atom stereocenters. The van der Waals surface area contributed by atoms with Crippen LogP contribution in [0.5, 0.6) is 0 Å². The van der Waals surface area contributed by atoms with Crippen LogP contribution in [0.2, 0.25) is 0 Å². The summed E-state index contributed by atoms with van der Waals surface area (Å²) in [5.74, 6) is 0. The van der Waals surface area contributed by atoms with Crippen LogP contribution in [-0.4, -0.2) is 14.2 Å². The summed E-state index contributed by atoms with van der Waals surface area (Å²) in [6, 6.07) is 6.45. The van der Waals surface area contributed by atoms with Gasteiger partial charge in [0.25, 0.3) is 0 Å². The molecule has 1 aromatic rings. The predicted molar refractivity (Wildman–Crippen MR) is 66.6 cm³/mol. The zero-order valence-electron chi connectivity index (χ0n) is 11.1. The average Bonchev–Trinajstić information content (AvgIpc) is 2.20. The summed E-state index contributed by atoms with van der Waals surface area (Å²) < 4.78 is 10.5. The normalized spacial score (nSPS) is 12.2. The summed E-state index contributed by atoms with van der Waals surface area (Å²) in [7, 11) is 3.32. The highest BCUT2D eigenvalue weighted by molar-refractivity contribution is 5.35. The van der Waals surface area contributed by atoms with E-state index in [0.717, 1.165) is 5.56 Å². The molecule has 0 radical (unpaired) electrons. The van der Waals surface area contributed by atoms with Gasteiger partial charge < -0.3 is 9.47 Å². The van der Waals surface area contributed by atoms with E-state index in [2.05, 4.69) is 45.9 Å². The molecule has 0 aliphatic carbocycles. The van der Waals surface area contributed by atoms with Crippen molar-refractivity contribution in [2.75, 3.05) is 14.2 Å². The van der Waals surface area contributed by atoms with Crippen LogP contribution in [0.15, 0.2) is 18.2 Å². The molecule has 0 saturated heterocycles. The number of ether oxygens (including phenoxy) is 2. The molecule has 0 spiro atoms. The van der Waals surface area contributed by atoms with Crippen LogP contribution in [0.25, 0.3) is 0 Å². The molecule has 0 aliphatic heterocycles. The molecule has 90 valence electrons. The standard InChI is InChI=1S/C14H22O2/c1-10-9-11(14(2,3)4)7-8-12(10)13(15-5)16-6/h7-9,13H,1-6H3. The lowest BCUT2D eigenvalue weighted by atomic mass is 9.85. The van der Waals surface area contributed by atoms with Crippen molar-refractivity contribution >= 4 is 0 Å². The van der Waals surface area contributed by atoms with E-state index in [9.17, 15) is 0 Å². The lowest BCUT2D eigenvalue weighted by molar-refractivity contribution is -0.106. The Bertz CT molecular complexity index is 346. The van der Waals surface area contributed by atoms with Gasteiger partial charge in [-0.25, -0.2) is 0 Å². The predicted octanol–water partition coefficient (Wildman–Crippen LogP) is 3.58. The summed E-state index contributed by atoms with van der Waals surface area (Å²) >= 11 is 0. The maximum absolute atomic E-state index is 5.27. The Morgan fingerprint density at radius 1 is 1.06 bits per heavy atom. The molecular weight excluding hydrogens is 200 g/mol. The van der Waals surface area contributed by atoms with Gasteiger partial charge in [-0.2, -0.15) is 0 Å². The van der Waals surface area contributed by atoms with Crippen LogP contribution in [0.4, 0.5) is 0 Å². The minimum atomic E-state index is -0.269. The van der Waals surface area contributed by atoms with E-state index in [-0.39, 0.29) is 11.7 Å². The molecule has 0 amide bonds. The molecular formula is C14H22O2. The second-order valence-corrected chi connectivity index (χ2v) is 5.12. The van der Waals surface area contributed by atoms with Gasteiger partial charge >= 0.3 is 0 Å². The van der Waals surface area contributed by atoms with Gasteiger partial charge in [0.2, 0.25) is 0 Å². The highest BCUT2D eigenvalue weighted by Gasteiger charge is 2.17. The second-order valence-electron chi connectivity index (χ2n) is 5.12. The summed E-state index contributed by atoms with van der Waals surface area (Å²) in [5, 5.41) is 0. The number of methoxy groups -OCH3 is 2. The zero-order chi connectivity index (χ0) is 12.3. The van der Waals surface area contributed by atoms with Crippen molar-refractivity contribution in [2.24, 2.45) is 0 Å². The Balaban J connectivity index is 3.09. The fraction of sp³-hybridized carbons (Fsp3) is 0.571. The smallest absolute Gasteiger partial charge is 0.183 e. The van der Waals surface area contributed by atoms with Gasteiger partial charge in [-0.05, 0) is 23.5 Å². The van der Waals surface area contributed by atoms with E-state index in [1.54, 1.807) is 14.2 Å². The monoisotopic (exact) mass is 222 g/mol. The van der Waals surface area contributed by atoms with Crippen LogP contribution < -0.4 is 0 Å². The topological polar surface area (TPSA) is 18.5 Å². The SMILES string of the molecule is COC(OC)c1ccc(C(C)(C)C)cc1C. The summed E-state index contributed by atoms with van der Waals surface area (Å²) in [6.07, 6.45) is -0.269. The molecule has 16 heavy (non-hydrogen) atoms. The van der Waals surface area contributed by atoms with Crippen molar-refractivity contribution in [3.05, 3.63) is 34.9 Å². The van der Waals surface area contributed by atoms with Crippen LogP contribution in [-0.2, 0) is 14.9 Å². The van der Waals surface area contributed by atoms with E-state index in [1.165, 1.54) is 11.1 Å². The zero-order valence-corrected chi connectivity index (χ0v) is 11.1.